The zero-order valence-electron chi connectivity index (χ0n) is 60.6. The first kappa shape index (κ1) is 123. The van der Waals surface area contributed by atoms with Crippen molar-refractivity contribution in [3.8, 4) is 0 Å². The summed E-state index contributed by atoms with van der Waals surface area (Å²) < 4.78 is 736. The maximum Gasteiger partial charge on any atom is 0.460 e. The fourth-order valence-electron chi connectivity index (χ4n) is 7.08. The van der Waals surface area contributed by atoms with Gasteiger partial charge in [-0.25, -0.2) is 44.6 Å². The Balaban J connectivity index is -0.000000777. The zero-order valence-corrected chi connectivity index (χ0v) is 62.2. The van der Waals surface area contributed by atoms with E-state index < -0.39 is 289 Å². The van der Waals surface area contributed by atoms with E-state index in [2.05, 4.69) is 45.3 Å². The Morgan fingerprint density at radius 3 is 0.629 bits per heavy atom. The number of unbranched alkanes of at least 4 members (excludes halogenated alkanes) is 2. The molecule has 0 aliphatic heterocycles. The maximum absolute atomic E-state index is 13.7. The van der Waals surface area contributed by atoms with Crippen LogP contribution in [0, 0.1) is 0 Å². The highest BCUT2D eigenvalue weighted by molar-refractivity contribution is 7.89. The summed E-state index contributed by atoms with van der Waals surface area (Å²) in [4.78, 5) is 43.4. The largest absolute Gasteiger partial charge is 0.463 e. The van der Waals surface area contributed by atoms with Gasteiger partial charge in [0.1, 0.15) is 13.2 Å². The van der Waals surface area contributed by atoms with Crippen molar-refractivity contribution < 1.29 is 283 Å². The van der Waals surface area contributed by atoms with Gasteiger partial charge in [-0.3, -0.25) is 0 Å². The van der Waals surface area contributed by atoms with E-state index in [1.807, 2.05) is 0 Å². The lowest BCUT2D eigenvalue weighted by molar-refractivity contribution is -0.440. The van der Waals surface area contributed by atoms with Gasteiger partial charge in [0, 0.05) is 76.2 Å². The third-order valence-electron chi connectivity index (χ3n) is 14.9. The first-order valence-corrected chi connectivity index (χ1v) is 34.0. The van der Waals surface area contributed by atoms with Gasteiger partial charge in [0.25, 0.3) is 0 Å². The molecule has 736 valence electrons. The molecule has 0 heterocycles. The second-order valence-corrected chi connectivity index (χ2v) is 28.7. The molecule has 14 nitrogen and oxygen atoms in total. The monoisotopic (exact) mass is 2000 g/mol. The fourth-order valence-corrected chi connectivity index (χ4v) is 9.44. The van der Waals surface area contributed by atoms with Crippen molar-refractivity contribution in [1.82, 2.24) is 8.61 Å². The second-order valence-electron chi connectivity index (χ2n) is 24.3. The molecule has 0 radical (unpaired) electrons. The minimum absolute atomic E-state index is 0.0993. The highest BCUT2D eigenvalue weighted by Gasteiger charge is 2.95. The molecule has 0 aromatic rings. The molecule has 0 bridgehead atoms. The highest BCUT2D eigenvalue weighted by Crippen LogP contribution is 2.66. The van der Waals surface area contributed by atoms with Crippen molar-refractivity contribution in [2.75, 3.05) is 65.1 Å². The first-order chi connectivity index (χ1) is 53.8. The zero-order chi connectivity index (χ0) is 101. The van der Waals surface area contributed by atoms with Crippen LogP contribution < -0.4 is 0 Å². The predicted octanol–water partition coefficient (Wildman–Crippen LogP) is 20.2. The van der Waals surface area contributed by atoms with E-state index >= 15 is 0 Å². The van der Waals surface area contributed by atoms with E-state index in [0.717, 1.165) is 0 Å². The molecule has 0 aliphatic carbocycles. The molecule has 0 atom stereocenters. The number of alkyl halides is 52. The molecule has 0 rings (SSSR count). The normalized spacial score (nSPS) is 14.9. The number of nitrogens with zero attached hydrogens (tertiary/aromatic N) is 2. The summed E-state index contributed by atoms with van der Waals surface area (Å²) >= 11 is 0. The Hall–Kier alpha value is -6.98. The minimum atomic E-state index is -8.06. The number of carbonyl (C=O) groups is 4. The Bertz CT molecular complexity index is 3830. The Morgan fingerprint density at radius 2 is 0.435 bits per heavy atom. The predicted molar refractivity (Wildman–Crippen MR) is 307 cm³/mol. The smallest absolute Gasteiger partial charge is 0.460 e. The lowest BCUT2D eigenvalue weighted by Gasteiger charge is -2.39. The summed E-state index contributed by atoms with van der Waals surface area (Å²) in [5.41, 5.74) is -0.282. The van der Waals surface area contributed by atoms with E-state index in [1.54, 1.807) is 0 Å². The molecule has 124 heavy (non-hydrogen) atoms. The van der Waals surface area contributed by atoms with Crippen LogP contribution in [0.15, 0.2) is 49.6 Å². The van der Waals surface area contributed by atoms with Crippen molar-refractivity contribution in [3.63, 3.8) is 0 Å². The molecule has 68 heteroatoms. The van der Waals surface area contributed by atoms with Crippen LogP contribution in [0.25, 0.3) is 0 Å². The lowest BCUT2D eigenvalue weighted by Crippen LogP contribution is -2.70. The van der Waals surface area contributed by atoms with Crippen molar-refractivity contribution in [3.05, 3.63) is 49.6 Å². The number of rotatable bonds is 44. The molecule has 0 spiro atoms. The van der Waals surface area contributed by atoms with E-state index in [1.165, 1.54) is 13.8 Å². The van der Waals surface area contributed by atoms with E-state index in [-0.39, 0.29) is 19.8 Å². The Morgan fingerprint density at radius 1 is 0.266 bits per heavy atom. The van der Waals surface area contributed by atoms with E-state index in [9.17, 15) is 264 Å². The number of sulfonamides is 2. The van der Waals surface area contributed by atoms with Gasteiger partial charge in [0.2, 0.25) is 20.0 Å². The minimum Gasteiger partial charge on any atom is -0.463 e. The van der Waals surface area contributed by atoms with Gasteiger partial charge < -0.3 is 18.9 Å². The van der Waals surface area contributed by atoms with Gasteiger partial charge in [-0.1, -0.05) is 26.3 Å². The number of halogens is 52. The molecular formula is C56H54F52N2O12S2. The number of hydrogen-bond acceptors (Lipinski definition) is 12. The maximum atomic E-state index is 13.7. The third kappa shape index (κ3) is 25.7. The fraction of sp³-hybridized carbons (Fsp3) is 0.786. The summed E-state index contributed by atoms with van der Waals surface area (Å²) in [6.07, 6.45) is -42.8. The van der Waals surface area contributed by atoms with Crippen molar-refractivity contribution in [1.29, 1.82) is 0 Å². The van der Waals surface area contributed by atoms with E-state index in [4.69, 9.17) is 0 Å². The van der Waals surface area contributed by atoms with Gasteiger partial charge in [-0.15, -0.1) is 0 Å². The molecule has 0 fully saturated rings. The van der Waals surface area contributed by atoms with Crippen LogP contribution in [-0.4, -0.2) is 258 Å². The first-order valence-electron chi connectivity index (χ1n) is 30.8. The molecule has 0 saturated heterocycles. The number of ether oxygens (including phenoxy) is 4. The SMILES string of the molecule is C=C(C)C(=O)OCCCCC(F)(F)C(F)(F)C(F)(F)C(F)(F)C(F)(F)C(F)(F)F.C=C(C)C(=O)OCCN(C)S(=O)(=O)CCC(F)(F)C(F)(F)C(F)(F)C(F)(F)C(F)(F)C(F)(F)F.C=CC(=O)OCCCCC(F)(F)C(F)(F)C(F)(F)C(F)(F)C(F)(F)C(F)(F)F.C=CC(=O)OCCN(C)S(=O)(=O)CCC(F)(F)C(F)(F)C(F)(F)C(F)(F)C(F)(F)C(F)(F)F. The van der Waals surface area contributed by atoms with Gasteiger partial charge in [0.15, 0.2) is 0 Å². The molecule has 0 aromatic carbocycles. The van der Waals surface area contributed by atoms with Crippen LogP contribution in [0.3, 0.4) is 0 Å². The molecule has 0 aromatic heterocycles. The number of likely N-dealkylation sites (N-methyl/N-ethyl adjacent to an activating group) is 2. The summed E-state index contributed by atoms with van der Waals surface area (Å²) in [7, 11) is -8.88. The van der Waals surface area contributed by atoms with Crippen LogP contribution in [-0.2, 0) is 58.2 Å². The average molecular weight is 2000 g/mol. The molecule has 0 amide bonds. The lowest BCUT2D eigenvalue weighted by atomic mass is 9.92. The number of hydrogen-bond donors (Lipinski definition) is 0. The van der Waals surface area contributed by atoms with Gasteiger partial charge in [-0.05, 0) is 39.5 Å². The summed E-state index contributed by atoms with van der Waals surface area (Å²) in [5, 5.41) is 0. The van der Waals surface area contributed by atoms with Crippen molar-refractivity contribution in [2.45, 2.75) is 208 Å². The van der Waals surface area contributed by atoms with Crippen LogP contribution >= 0.6 is 0 Å². The Kier molecular flexibility index (Phi) is 40.1. The third-order valence-corrected chi connectivity index (χ3v) is 18.6. The number of esters is 4. The van der Waals surface area contributed by atoms with Crippen LogP contribution in [0.2, 0.25) is 0 Å². The summed E-state index contributed by atoms with van der Waals surface area (Å²) in [5.74, 6) is -158. The molecule has 0 unspecified atom stereocenters. The van der Waals surface area contributed by atoms with Gasteiger partial charge >= 0.3 is 167 Å². The summed E-state index contributed by atoms with van der Waals surface area (Å²) in [6.45, 7) is 10.1. The molecule has 0 saturated carbocycles. The average Bonchev–Trinajstić information content (AvgIpc) is 0.723. The summed E-state index contributed by atoms with van der Waals surface area (Å²) in [6, 6.07) is 0. The second kappa shape index (κ2) is 40.4. The molecule has 0 N–H and O–H groups in total. The van der Waals surface area contributed by atoms with Gasteiger partial charge in [0.05, 0.1) is 24.7 Å². The quantitative estimate of drug-likeness (QED) is 0.0185. The topological polar surface area (TPSA) is 180 Å². The van der Waals surface area contributed by atoms with Crippen molar-refractivity contribution >= 4 is 43.9 Å². The molecular weight excluding hydrogens is 1940 g/mol. The Labute approximate surface area is 658 Å². The van der Waals surface area contributed by atoms with Crippen LogP contribution in [0.5, 0.6) is 0 Å². The van der Waals surface area contributed by atoms with E-state index in [0.29, 0.717) is 26.2 Å². The standard InChI is InChI=1S/C15H16F13NO4S.C14H14F13NO4S.C14H13F13O2.C13H11F13O2/c1-8(2)9(30)33-6-5-29(3)34(31,32)7-4-10(16,17)11(18,19)12(20,21)13(22,23)14(24,25)15(26,27)28;1-3-8(29)32-6-5-28(2)33(30,31)7-4-9(15,16)10(17,18)11(19,20)12(21,22)13(23,24)14(25,26)27;1-7(2)8(28)29-6-4-3-5-9(15,16)10(17,18)11(19,20)12(21,22)13(23,24)14(25,26)27;1-2-7(27)28-6-4-3-5-8(14,15)9(16,17)10(18,19)11(20,21)12(22,23)13(24,25)26/h1,4-7H2,2-3H3;3H,1,4-7H2,2H3;1,3-6H2,2H3;2H,1,3-6H2. The van der Waals surface area contributed by atoms with Crippen molar-refractivity contribution in [2.24, 2.45) is 0 Å². The number of carbonyl (C=O) groups excluding carboxylic acids is 4. The van der Waals surface area contributed by atoms with Crippen LogP contribution in [0.1, 0.15) is 65.2 Å². The molecule has 0 aliphatic rings. The highest BCUT2D eigenvalue weighted by atomic mass is 32.2. The van der Waals surface area contributed by atoms with Crippen LogP contribution in [0.4, 0.5) is 228 Å². The van der Waals surface area contributed by atoms with Gasteiger partial charge in [-0.2, -0.15) is 228 Å².